The molecular weight excluding hydrogens is 359 g/mol. The fourth-order valence-corrected chi connectivity index (χ4v) is 3.27. The Hall–Kier alpha value is -2.28. The number of rotatable bonds is 5. The summed E-state index contributed by atoms with van der Waals surface area (Å²) in [5.41, 5.74) is -0.265. The van der Waals surface area contributed by atoms with E-state index >= 15 is 0 Å². The fraction of sp³-hybridized carbons (Fsp3) is 0.444. The molecule has 3 rings (SSSR count). The number of aromatic amines is 1. The van der Waals surface area contributed by atoms with E-state index in [1.165, 1.54) is 24.6 Å². The molecule has 26 heavy (non-hydrogen) atoms. The third kappa shape index (κ3) is 4.66. The molecule has 0 saturated heterocycles. The van der Waals surface area contributed by atoms with Gasteiger partial charge in [0.25, 0.3) is 5.56 Å². The molecule has 1 amide bonds. The zero-order valence-electron chi connectivity index (χ0n) is 14.2. The topological polar surface area (TPSA) is 87.7 Å². The number of aromatic nitrogens is 3. The minimum atomic E-state index is -0.557. The smallest absolute Gasteiger partial charge is 0.273 e. The Morgan fingerprint density at radius 3 is 2.77 bits per heavy atom. The van der Waals surface area contributed by atoms with Crippen molar-refractivity contribution in [1.82, 2.24) is 20.5 Å². The van der Waals surface area contributed by atoms with Gasteiger partial charge in [-0.25, -0.2) is 4.39 Å². The predicted molar refractivity (Wildman–Crippen MR) is 96.4 cm³/mol. The maximum absolute atomic E-state index is 13.9. The van der Waals surface area contributed by atoms with Gasteiger partial charge < -0.3 is 10.3 Å². The summed E-state index contributed by atoms with van der Waals surface area (Å²) in [5, 5.41) is 11.1. The molecule has 0 bridgehead atoms. The quantitative estimate of drug-likeness (QED) is 0.837. The summed E-state index contributed by atoms with van der Waals surface area (Å²) in [6, 6.07) is 4.20. The minimum Gasteiger partial charge on any atom is -0.353 e. The van der Waals surface area contributed by atoms with Crippen LogP contribution in [0.3, 0.4) is 0 Å². The van der Waals surface area contributed by atoms with Crippen molar-refractivity contribution in [2.75, 3.05) is 0 Å². The molecule has 138 valence electrons. The molecule has 1 aromatic carbocycles. The summed E-state index contributed by atoms with van der Waals surface area (Å²) < 4.78 is 13.9. The Labute approximate surface area is 155 Å². The molecule has 1 aromatic heterocycles. The Kier molecular flexibility index (Phi) is 5.98. The van der Waals surface area contributed by atoms with Crippen LogP contribution in [0.5, 0.6) is 0 Å². The molecule has 6 nitrogen and oxygen atoms in total. The molecule has 2 N–H and O–H groups in total. The van der Waals surface area contributed by atoms with Gasteiger partial charge in [0.05, 0.1) is 5.56 Å². The first-order valence-corrected chi connectivity index (χ1v) is 9.11. The monoisotopic (exact) mass is 378 g/mol. The van der Waals surface area contributed by atoms with E-state index in [1.807, 2.05) is 0 Å². The van der Waals surface area contributed by atoms with Gasteiger partial charge in [-0.2, -0.15) is 0 Å². The van der Waals surface area contributed by atoms with Crippen molar-refractivity contribution >= 4 is 17.5 Å². The summed E-state index contributed by atoms with van der Waals surface area (Å²) in [4.78, 5) is 26.7. The van der Waals surface area contributed by atoms with Crippen LogP contribution >= 0.6 is 11.6 Å². The van der Waals surface area contributed by atoms with Gasteiger partial charge in [0.2, 0.25) is 5.91 Å². The lowest BCUT2D eigenvalue weighted by atomic mass is 9.95. The lowest BCUT2D eigenvalue weighted by Gasteiger charge is -2.22. The van der Waals surface area contributed by atoms with Gasteiger partial charge in [0, 0.05) is 23.9 Å². The summed E-state index contributed by atoms with van der Waals surface area (Å²) in [6.45, 7) is 0. The van der Waals surface area contributed by atoms with Gasteiger partial charge in [-0.05, 0) is 31.0 Å². The average Bonchev–Trinajstić information content (AvgIpc) is 2.63. The first-order chi connectivity index (χ1) is 12.5. The molecule has 0 spiro atoms. The number of hydrogen-bond donors (Lipinski definition) is 2. The Balaban J connectivity index is 1.63. The van der Waals surface area contributed by atoms with Crippen LogP contribution in [0, 0.1) is 5.82 Å². The standard InChI is InChI=1S/C18H20ClFN4O2/c19-11-6-7-14(20)13(10-11)17-22-18(26)15(23-24-17)8-9-16(25)21-12-4-2-1-3-5-12/h6-7,10,12H,1-5,8-9H2,(H,21,25)(H,22,24,26). The average molecular weight is 379 g/mol. The first-order valence-electron chi connectivity index (χ1n) is 8.73. The molecule has 0 unspecified atom stereocenters. The lowest BCUT2D eigenvalue weighted by Crippen LogP contribution is -2.36. The summed E-state index contributed by atoms with van der Waals surface area (Å²) in [7, 11) is 0. The summed E-state index contributed by atoms with van der Waals surface area (Å²) in [6.07, 6.45) is 5.85. The van der Waals surface area contributed by atoms with Crippen molar-refractivity contribution in [3.8, 4) is 11.4 Å². The third-order valence-electron chi connectivity index (χ3n) is 4.51. The van der Waals surface area contributed by atoms with E-state index < -0.39 is 11.4 Å². The zero-order chi connectivity index (χ0) is 18.5. The normalized spacial score (nSPS) is 15.0. The molecule has 2 aromatic rings. The molecule has 1 aliphatic carbocycles. The lowest BCUT2D eigenvalue weighted by molar-refractivity contribution is -0.122. The predicted octanol–water partition coefficient (Wildman–Crippen LogP) is 3.01. The van der Waals surface area contributed by atoms with Crippen molar-refractivity contribution in [2.45, 2.75) is 51.0 Å². The van der Waals surface area contributed by atoms with Crippen LogP contribution < -0.4 is 10.9 Å². The zero-order valence-corrected chi connectivity index (χ0v) is 15.0. The molecule has 1 heterocycles. The van der Waals surface area contributed by atoms with E-state index in [-0.39, 0.29) is 41.9 Å². The van der Waals surface area contributed by atoms with Crippen molar-refractivity contribution in [3.63, 3.8) is 0 Å². The number of nitrogens with one attached hydrogen (secondary N) is 2. The minimum absolute atomic E-state index is 0.00501. The van der Waals surface area contributed by atoms with E-state index in [1.54, 1.807) is 0 Å². The number of carbonyl (C=O) groups excluding carboxylic acids is 1. The van der Waals surface area contributed by atoms with Crippen LogP contribution in [0.2, 0.25) is 5.02 Å². The second kappa shape index (κ2) is 8.40. The van der Waals surface area contributed by atoms with E-state index in [0.29, 0.717) is 5.02 Å². The third-order valence-corrected chi connectivity index (χ3v) is 4.74. The first kappa shape index (κ1) is 18.5. The molecule has 1 fully saturated rings. The summed E-state index contributed by atoms with van der Waals surface area (Å²) >= 11 is 5.85. The number of nitrogens with zero attached hydrogens (tertiary/aromatic N) is 2. The molecule has 0 radical (unpaired) electrons. The number of H-pyrrole nitrogens is 1. The second-order valence-electron chi connectivity index (χ2n) is 6.48. The number of aryl methyl sites for hydroxylation is 1. The number of carbonyl (C=O) groups is 1. The highest BCUT2D eigenvalue weighted by Gasteiger charge is 2.17. The maximum atomic E-state index is 13.9. The molecule has 0 aliphatic heterocycles. The molecule has 0 atom stereocenters. The maximum Gasteiger partial charge on any atom is 0.273 e. The largest absolute Gasteiger partial charge is 0.353 e. The summed E-state index contributed by atoms with van der Waals surface area (Å²) in [5.74, 6) is -0.646. The van der Waals surface area contributed by atoms with Crippen LogP contribution in [0.1, 0.15) is 44.2 Å². The van der Waals surface area contributed by atoms with Crippen LogP contribution in [0.25, 0.3) is 11.4 Å². The highest BCUT2D eigenvalue weighted by atomic mass is 35.5. The van der Waals surface area contributed by atoms with Crippen LogP contribution in [0.15, 0.2) is 23.0 Å². The molecule has 8 heteroatoms. The Morgan fingerprint density at radius 2 is 2.04 bits per heavy atom. The highest BCUT2D eigenvalue weighted by molar-refractivity contribution is 6.30. The SMILES string of the molecule is O=C(CCc1nnc(-c2cc(Cl)ccc2F)[nH]c1=O)NC1CCCCC1. The highest BCUT2D eigenvalue weighted by Crippen LogP contribution is 2.22. The van der Waals surface area contributed by atoms with Gasteiger partial charge in [-0.15, -0.1) is 10.2 Å². The molecule has 1 saturated carbocycles. The second-order valence-corrected chi connectivity index (χ2v) is 6.91. The van der Waals surface area contributed by atoms with Crippen molar-refractivity contribution < 1.29 is 9.18 Å². The van der Waals surface area contributed by atoms with Crippen LogP contribution in [0.4, 0.5) is 4.39 Å². The van der Waals surface area contributed by atoms with Gasteiger partial charge in [-0.3, -0.25) is 9.59 Å². The Morgan fingerprint density at radius 1 is 1.27 bits per heavy atom. The van der Waals surface area contributed by atoms with Gasteiger partial charge in [-0.1, -0.05) is 30.9 Å². The van der Waals surface area contributed by atoms with E-state index in [2.05, 4.69) is 20.5 Å². The van der Waals surface area contributed by atoms with E-state index in [0.717, 1.165) is 25.7 Å². The van der Waals surface area contributed by atoms with E-state index in [9.17, 15) is 14.0 Å². The van der Waals surface area contributed by atoms with Gasteiger partial charge in [0.1, 0.15) is 11.5 Å². The van der Waals surface area contributed by atoms with E-state index in [4.69, 9.17) is 11.6 Å². The fourth-order valence-electron chi connectivity index (χ4n) is 3.10. The van der Waals surface area contributed by atoms with Crippen molar-refractivity contribution in [2.24, 2.45) is 0 Å². The van der Waals surface area contributed by atoms with Gasteiger partial charge in [0.15, 0.2) is 5.82 Å². The van der Waals surface area contributed by atoms with Crippen molar-refractivity contribution in [1.29, 1.82) is 0 Å². The number of benzene rings is 1. The number of amides is 1. The van der Waals surface area contributed by atoms with Gasteiger partial charge >= 0.3 is 0 Å². The molecular formula is C18H20ClFN4O2. The Bertz CT molecular complexity index is 849. The molecule has 1 aliphatic rings. The number of hydrogen-bond acceptors (Lipinski definition) is 4. The van der Waals surface area contributed by atoms with Crippen LogP contribution in [-0.4, -0.2) is 27.1 Å². The van der Waals surface area contributed by atoms with Crippen molar-refractivity contribution in [3.05, 3.63) is 45.1 Å². The number of halogens is 2. The van der Waals surface area contributed by atoms with Crippen LogP contribution in [-0.2, 0) is 11.2 Å².